The number of amides is 3. The van der Waals surface area contributed by atoms with Crippen LogP contribution >= 0.6 is 0 Å². The molecule has 0 heterocycles. The topological polar surface area (TPSA) is 70.2 Å². The lowest BCUT2D eigenvalue weighted by Crippen LogP contribution is -2.29. The standard InChI is InChI=1S/C23H22FN3O2/c1-16(17-8-3-2-4-9-17)26-22(28)18-11-7-12-20(14-18)27-23(29)25-15-19-10-5-6-13-21(19)24/h2-14,16H,15H2,1H3,(H,26,28)(H2,25,27,29). The van der Waals surface area contributed by atoms with Gasteiger partial charge >= 0.3 is 6.03 Å². The van der Waals surface area contributed by atoms with Crippen LogP contribution in [0, 0.1) is 5.82 Å². The van der Waals surface area contributed by atoms with Crippen molar-refractivity contribution >= 4 is 17.6 Å². The van der Waals surface area contributed by atoms with Gasteiger partial charge in [0.25, 0.3) is 5.91 Å². The Morgan fingerprint density at radius 2 is 1.66 bits per heavy atom. The molecule has 0 saturated carbocycles. The van der Waals surface area contributed by atoms with Crippen molar-refractivity contribution in [3.63, 3.8) is 0 Å². The molecule has 0 fully saturated rings. The first-order valence-electron chi connectivity index (χ1n) is 9.27. The van der Waals surface area contributed by atoms with Gasteiger partial charge in [-0.2, -0.15) is 0 Å². The molecule has 3 aromatic carbocycles. The third kappa shape index (κ3) is 5.65. The van der Waals surface area contributed by atoms with Crippen molar-refractivity contribution in [3.05, 3.63) is 101 Å². The first kappa shape index (κ1) is 20.1. The van der Waals surface area contributed by atoms with E-state index in [0.717, 1.165) is 5.56 Å². The highest BCUT2D eigenvalue weighted by atomic mass is 19.1. The Bertz CT molecular complexity index is 992. The number of hydrogen-bond acceptors (Lipinski definition) is 2. The van der Waals surface area contributed by atoms with Gasteiger partial charge < -0.3 is 16.0 Å². The molecule has 0 radical (unpaired) electrons. The summed E-state index contributed by atoms with van der Waals surface area (Å²) in [5, 5.41) is 8.20. The second-order valence-corrected chi connectivity index (χ2v) is 6.59. The molecule has 0 aromatic heterocycles. The summed E-state index contributed by atoms with van der Waals surface area (Å²) in [4.78, 5) is 24.6. The zero-order chi connectivity index (χ0) is 20.6. The van der Waals surface area contributed by atoms with Crippen LogP contribution in [-0.2, 0) is 6.54 Å². The summed E-state index contributed by atoms with van der Waals surface area (Å²) < 4.78 is 13.6. The van der Waals surface area contributed by atoms with Gasteiger partial charge in [0.1, 0.15) is 5.82 Å². The van der Waals surface area contributed by atoms with Gasteiger partial charge in [0.05, 0.1) is 6.04 Å². The molecule has 0 spiro atoms. The smallest absolute Gasteiger partial charge is 0.319 e. The van der Waals surface area contributed by atoms with Crippen LogP contribution in [0.4, 0.5) is 14.9 Å². The van der Waals surface area contributed by atoms with Crippen molar-refractivity contribution in [3.8, 4) is 0 Å². The van der Waals surface area contributed by atoms with Crippen LogP contribution in [0.25, 0.3) is 0 Å². The Hall–Kier alpha value is -3.67. The van der Waals surface area contributed by atoms with Gasteiger partial charge in [-0.25, -0.2) is 9.18 Å². The highest BCUT2D eigenvalue weighted by molar-refractivity contribution is 5.97. The van der Waals surface area contributed by atoms with Crippen molar-refractivity contribution in [1.82, 2.24) is 10.6 Å². The molecule has 0 aliphatic rings. The molecular formula is C23H22FN3O2. The van der Waals surface area contributed by atoms with Crippen LogP contribution in [-0.4, -0.2) is 11.9 Å². The third-order valence-electron chi connectivity index (χ3n) is 4.43. The molecule has 3 aromatic rings. The van der Waals surface area contributed by atoms with Crippen LogP contribution < -0.4 is 16.0 Å². The van der Waals surface area contributed by atoms with E-state index in [1.54, 1.807) is 42.5 Å². The zero-order valence-electron chi connectivity index (χ0n) is 16.0. The Balaban J connectivity index is 1.58. The summed E-state index contributed by atoms with van der Waals surface area (Å²) in [5.74, 6) is -0.615. The Labute approximate surface area is 169 Å². The van der Waals surface area contributed by atoms with E-state index in [4.69, 9.17) is 0 Å². The van der Waals surface area contributed by atoms with Crippen molar-refractivity contribution < 1.29 is 14.0 Å². The van der Waals surface area contributed by atoms with Crippen molar-refractivity contribution in [2.45, 2.75) is 19.5 Å². The van der Waals surface area contributed by atoms with Gasteiger partial charge in [0.2, 0.25) is 0 Å². The number of urea groups is 1. The van der Waals surface area contributed by atoms with Gasteiger partial charge in [-0.05, 0) is 36.8 Å². The fourth-order valence-electron chi connectivity index (χ4n) is 2.84. The molecule has 0 aliphatic carbocycles. The van der Waals surface area contributed by atoms with Crippen LogP contribution in [0.1, 0.15) is 34.5 Å². The minimum atomic E-state index is -0.483. The molecule has 29 heavy (non-hydrogen) atoms. The normalized spacial score (nSPS) is 11.4. The van der Waals surface area contributed by atoms with Crippen molar-refractivity contribution in [2.75, 3.05) is 5.32 Å². The monoisotopic (exact) mass is 391 g/mol. The molecular weight excluding hydrogens is 369 g/mol. The zero-order valence-corrected chi connectivity index (χ0v) is 16.0. The molecule has 3 amide bonds. The molecule has 5 nitrogen and oxygen atoms in total. The fraction of sp³-hybridized carbons (Fsp3) is 0.130. The maximum atomic E-state index is 13.6. The van der Waals surface area contributed by atoms with Crippen molar-refractivity contribution in [1.29, 1.82) is 0 Å². The minimum absolute atomic E-state index is 0.0628. The van der Waals surface area contributed by atoms with Crippen LogP contribution in [0.2, 0.25) is 0 Å². The number of carbonyl (C=O) groups excluding carboxylic acids is 2. The summed E-state index contributed by atoms with van der Waals surface area (Å²) in [6, 6.07) is 21.9. The first-order chi connectivity index (χ1) is 14.0. The second-order valence-electron chi connectivity index (χ2n) is 6.59. The Morgan fingerprint density at radius 3 is 2.41 bits per heavy atom. The molecule has 148 valence electrons. The van der Waals surface area contributed by atoms with E-state index in [1.807, 2.05) is 37.3 Å². The number of rotatable bonds is 6. The van der Waals surface area contributed by atoms with Crippen LogP contribution in [0.15, 0.2) is 78.9 Å². The third-order valence-corrected chi connectivity index (χ3v) is 4.43. The van der Waals surface area contributed by atoms with Crippen LogP contribution in [0.3, 0.4) is 0 Å². The predicted octanol–water partition coefficient (Wildman–Crippen LogP) is 4.64. The average Bonchev–Trinajstić information content (AvgIpc) is 2.74. The molecule has 6 heteroatoms. The molecule has 0 bridgehead atoms. The largest absolute Gasteiger partial charge is 0.346 e. The quantitative estimate of drug-likeness (QED) is 0.573. The highest BCUT2D eigenvalue weighted by Gasteiger charge is 2.12. The lowest BCUT2D eigenvalue weighted by molar-refractivity contribution is 0.0940. The lowest BCUT2D eigenvalue weighted by Gasteiger charge is -2.15. The van der Waals surface area contributed by atoms with Crippen LogP contribution in [0.5, 0.6) is 0 Å². The van der Waals surface area contributed by atoms with Crippen molar-refractivity contribution in [2.24, 2.45) is 0 Å². The highest BCUT2D eigenvalue weighted by Crippen LogP contribution is 2.15. The molecule has 1 atom stereocenters. The van der Waals surface area contributed by atoms with Gasteiger partial charge in [-0.1, -0.05) is 54.6 Å². The number of hydrogen-bond donors (Lipinski definition) is 3. The summed E-state index contributed by atoms with van der Waals surface area (Å²) in [7, 11) is 0. The number of nitrogens with one attached hydrogen (secondary N) is 3. The van der Waals surface area contributed by atoms with Gasteiger partial charge in [0, 0.05) is 23.4 Å². The van der Waals surface area contributed by atoms with E-state index >= 15 is 0 Å². The first-order valence-corrected chi connectivity index (χ1v) is 9.27. The molecule has 1 unspecified atom stereocenters. The summed E-state index contributed by atoms with van der Waals surface area (Å²) in [5.41, 5.74) is 2.30. The van der Waals surface area contributed by atoms with E-state index in [-0.39, 0.29) is 24.3 Å². The van der Waals surface area contributed by atoms with E-state index in [1.165, 1.54) is 6.07 Å². The minimum Gasteiger partial charge on any atom is -0.346 e. The van der Waals surface area contributed by atoms with E-state index in [0.29, 0.717) is 16.8 Å². The van der Waals surface area contributed by atoms with E-state index in [2.05, 4.69) is 16.0 Å². The van der Waals surface area contributed by atoms with Gasteiger partial charge in [-0.15, -0.1) is 0 Å². The number of anilines is 1. The average molecular weight is 391 g/mol. The fourth-order valence-corrected chi connectivity index (χ4v) is 2.84. The van der Waals surface area contributed by atoms with Gasteiger partial charge in [0.15, 0.2) is 0 Å². The predicted molar refractivity (Wildman–Crippen MR) is 111 cm³/mol. The second kappa shape index (κ2) is 9.50. The number of benzene rings is 3. The van der Waals surface area contributed by atoms with E-state index in [9.17, 15) is 14.0 Å². The summed E-state index contributed by atoms with van der Waals surface area (Å²) >= 11 is 0. The maximum Gasteiger partial charge on any atom is 0.319 e. The summed E-state index contributed by atoms with van der Waals surface area (Å²) in [6.45, 7) is 1.97. The summed E-state index contributed by atoms with van der Waals surface area (Å²) in [6.07, 6.45) is 0. The maximum absolute atomic E-state index is 13.6. The Morgan fingerprint density at radius 1 is 0.931 bits per heavy atom. The number of carbonyl (C=O) groups is 2. The number of halogens is 1. The molecule has 0 saturated heterocycles. The lowest BCUT2D eigenvalue weighted by atomic mass is 10.1. The van der Waals surface area contributed by atoms with Gasteiger partial charge in [-0.3, -0.25) is 4.79 Å². The molecule has 0 aliphatic heterocycles. The van der Waals surface area contributed by atoms with E-state index < -0.39 is 6.03 Å². The molecule has 3 N–H and O–H groups in total. The Kier molecular flexibility index (Phi) is 6.58. The SMILES string of the molecule is CC(NC(=O)c1cccc(NC(=O)NCc2ccccc2F)c1)c1ccccc1. The molecule has 3 rings (SSSR count).